The number of H-pyrrole nitrogens is 2. The number of aromatic amines is 2. The lowest BCUT2D eigenvalue weighted by atomic mass is 10.1. The Hall–Kier alpha value is -2.76. The minimum Gasteiger partial charge on any atom is -0.478 e. The molecule has 3 aromatic rings. The van der Waals surface area contributed by atoms with Crippen LogP contribution in [0.5, 0.6) is 0 Å². The van der Waals surface area contributed by atoms with Gasteiger partial charge in [0, 0.05) is 28.0 Å². The molecule has 0 radical (unpaired) electrons. The first-order valence-electron chi connectivity index (χ1n) is 5.17. The van der Waals surface area contributed by atoms with Gasteiger partial charge >= 0.3 is 11.9 Å². The summed E-state index contributed by atoms with van der Waals surface area (Å²) in [6.45, 7) is 0. The lowest BCUT2D eigenvalue weighted by Crippen LogP contribution is -1.94. The van der Waals surface area contributed by atoms with E-state index >= 15 is 0 Å². The Morgan fingerprint density at radius 3 is 2.44 bits per heavy atom. The molecule has 0 unspecified atom stereocenters. The predicted molar refractivity (Wildman–Crippen MR) is 64.1 cm³/mol. The van der Waals surface area contributed by atoms with E-state index in [9.17, 15) is 9.59 Å². The van der Waals surface area contributed by atoms with E-state index in [1.165, 1.54) is 12.3 Å². The smallest absolute Gasteiger partial charge is 0.352 e. The number of hydrogen-bond donors (Lipinski definition) is 4. The lowest BCUT2D eigenvalue weighted by Gasteiger charge is -1.95. The summed E-state index contributed by atoms with van der Waals surface area (Å²) in [6.07, 6.45) is 1.40. The Morgan fingerprint density at radius 1 is 1.06 bits per heavy atom. The predicted octanol–water partition coefficient (Wildman–Crippen LogP) is 2.05. The number of carbonyl (C=O) groups is 2. The zero-order chi connectivity index (χ0) is 12.9. The van der Waals surface area contributed by atoms with Gasteiger partial charge in [-0.25, -0.2) is 9.59 Å². The zero-order valence-electron chi connectivity index (χ0n) is 9.02. The van der Waals surface area contributed by atoms with Crippen LogP contribution < -0.4 is 0 Å². The van der Waals surface area contributed by atoms with Gasteiger partial charge in [-0.05, 0) is 18.2 Å². The van der Waals surface area contributed by atoms with Crippen molar-refractivity contribution in [3.8, 4) is 0 Å². The highest BCUT2D eigenvalue weighted by molar-refractivity contribution is 6.16. The molecule has 0 atom stereocenters. The van der Waals surface area contributed by atoms with Gasteiger partial charge in [-0.2, -0.15) is 0 Å². The van der Waals surface area contributed by atoms with Crippen molar-refractivity contribution < 1.29 is 19.8 Å². The summed E-state index contributed by atoms with van der Waals surface area (Å²) in [7, 11) is 0. The molecule has 6 nitrogen and oxygen atoms in total. The number of rotatable bonds is 2. The molecule has 1 aromatic carbocycles. The van der Waals surface area contributed by atoms with Crippen LogP contribution in [0.4, 0.5) is 0 Å². The number of aromatic carboxylic acids is 2. The summed E-state index contributed by atoms with van der Waals surface area (Å²) in [4.78, 5) is 27.6. The van der Waals surface area contributed by atoms with Crippen molar-refractivity contribution in [3.63, 3.8) is 0 Å². The standard InChI is InChI=1S/C12H8N2O4/c15-11(16)6-4-13-8-2-1-7-5(10(6)8)3-9(14-7)12(17)18/h1-4,13-14H,(H,15,16)(H,17,18). The maximum absolute atomic E-state index is 11.1. The van der Waals surface area contributed by atoms with Crippen molar-refractivity contribution in [2.75, 3.05) is 0 Å². The highest BCUT2D eigenvalue weighted by Crippen LogP contribution is 2.28. The first-order valence-corrected chi connectivity index (χ1v) is 5.17. The molecule has 0 fully saturated rings. The fourth-order valence-corrected chi connectivity index (χ4v) is 2.12. The number of fused-ring (bicyclic) bond motifs is 3. The van der Waals surface area contributed by atoms with E-state index in [4.69, 9.17) is 10.2 Å². The average Bonchev–Trinajstić information content (AvgIpc) is 2.91. The molecule has 2 heterocycles. The van der Waals surface area contributed by atoms with Gasteiger partial charge in [0.2, 0.25) is 0 Å². The topological polar surface area (TPSA) is 106 Å². The van der Waals surface area contributed by atoms with Crippen molar-refractivity contribution in [3.05, 3.63) is 35.7 Å². The van der Waals surface area contributed by atoms with Crippen LogP contribution in [-0.2, 0) is 0 Å². The van der Waals surface area contributed by atoms with Crippen LogP contribution >= 0.6 is 0 Å². The third-order valence-corrected chi connectivity index (χ3v) is 2.91. The average molecular weight is 244 g/mol. The molecular formula is C12H8N2O4. The van der Waals surface area contributed by atoms with Gasteiger partial charge in [0.05, 0.1) is 5.56 Å². The monoisotopic (exact) mass is 244 g/mol. The first-order chi connectivity index (χ1) is 8.58. The zero-order valence-corrected chi connectivity index (χ0v) is 9.02. The quantitative estimate of drug-likeness (QED) is 0.553. The van der Waals surface area contributed by atoms with Crippen LogP contribution in [0.1, 0.15) is 20.8 Å². The molecule has 0 bridgehead atoms. The van der Waals surface area contributed by atoms with Crippen LogP contribution in [0.3, 0.4) is 0 Å². The summed E-state index contributed by atoms with van der Waals surface area (Å²) >= 11 is 0. The Morgan fingerprint density at radius 2 is 1.78 bits per heavy atom. The van der Waals surface area contributed by atoms with Crippen molar-refractivity contribution in [2.45, 2.75) is 0 Å². The Balaban J connectivity index is 2.46. The number of nitrogens with one attached hydrogen (secondary N) is 2. The van der Waals surface area contributed by atoms with Gasteiger partial charge in [-0.15, -0.1) is 0 Å². The molecule has 0 saturated heterocycles. The fraction of sp³-hybridized carbons (Fsp3) is 0. The summed E-state index contributed by atoms with van der Waals surface area (Å²) in [5, 5.41) is 19.1. The SMILES string of the molecule is O=C(O)c1cc2c(ccc3[nH]cc(C(=O)O)c32)[nH]1. The van der Waals surface area contributed by atoms with E-state index in [0.29, 0.717) is 21.8 Å². The molecular weight excluding hydrogens is 236 g/mol. The lowest BCUT2D eigenvalue weighted by molar-refractivity contribution is 0.0684. The molecule has 3 rings (SSSR count). The van der Waals surface area contributed by atoms with Gasteiger partial charge < -0.3 is 20.2 Å². The van der Waals surface area contributed by atoms with Gasteiger partial charge in [-0.1, -0.05) is 0 Å². The largest absolute Gasteiger partial charge is 0.478 e. The van der Waals surface area contributed by atoms with E-state index in [0.717, 1.165) is 0 Å². The molecule has 0 saturated carbocycles. The number of benzene rings is 1. The second-order valence-electron chi connectivity index (χ2n) is 3.95. The van der Waals surface area contributed by atoms with Gasteiger partial charge in [0.1, 0.15) is 5.69 Å². The molecule has 0 spiro atoms. The second-order valence-corrected chi connectivity index (χ2v) is 3.95. The number of hydrogen-bond acceptors (Lipinski definition) is 2. The van der Waals surface area contributed by atoms with Crippen LogP contribution in [0.15, 0.2) is 24.4 Å². The summed E-state index contributed by atoms with van der Waals surface area (Å²) in [5.41, 5.74) is 1.43. The number of carboxylic acids is 2. The minimum absolute atomic E-state index is 0.0371. The van der Waals surface area contributed by atoms with Crippen molar-refractivity contribution in [1.29, 1.82) is 0 Å². The molecule has 18 heavy (non-hydrogen) atoms. The Bertz CT molecular complexity index is 797. The van der Waals surface area contributed by atoms with Gasteiger partial charge in [-0.3, -0.25) is 0 Å². The van der Waals surface area contributed by atoms with Crippen molar-refractivity contribution in [1.82, 2.24) is 9.97 Å². The minimum atomic E-state index is -1.08. The summed E-state index contributed by atoms with van der Waals surface area (Å²) < 4.78 is 0. The van der Waals surface area contributed by atoms with Crippen LogP contribution in [0, 0.1) is 0 Å². The van der Waals surface area contributed by atoms with E-state index in [2.05, 4.69) is 9.97 Å². The highest BCUT2D eigenvalue weighted by Gasteiger charge is 2.16. The van der Waals surface area contributed by atoms with E-state index in [1.807, 2.05) is 0 Å². The fourth-order valence-electron chi connectivity index (χ4n) is 2.12. The maximum Gasteiger partial charge on any atom is 0.352 e. The summed E-state index contributed by atoms with van der Waals surface area (Å²) in [5.74, 6) is -2.13. The highest BCUT2D eigenvalue weighted by atomic mass is 16.4. The van der Waals surface area contributed by atoms with Crippen LogP contribution in [0.25, 0.3) is 21.8 Å². The molecule has 6 heteroatoms. The number of carboxylic acid groups (broad SMARTS) is 2. The Kier molecular flexibility index (Phi) is 1.94. The molecule has 0 aliphatic rings. The summed E-state index contributed by atoms with van der Waals surface area (Å²) in [6, 6.07) is 4.87. The molecule has 0 amide bonds. The normalized spacial score (nSPS) is 11.1. The van der Waals surface area contributed by atoms with E-state index in [-0.39, 0.29) is 11.3 Å². The molecule has 4 N–H and O–H groups in total. The maximum atomic E-state index is 11.1. The van der Waals surface area contributed by atoms with Gasteiger partial charge in [0.25, 0.3) is 0 Å². The van der Waals surface area contributed by atoms with Gasteiger partial charge in [0.15, 0.2) is 0 Å². The van der Waals surface area contributed by atoms with E-state index < -0.39 is 11.9 Å². The Labute approximate surface area is 99.9 Å². The van der Waals surface area contributed by atoms with Crippen LogP contribution in [0.2, 0.25) is 0 Å². The third kappa shape index (κ3) is 1.29. The third-order valence-electron chi connectivity index (χ3n) is 2.91. The van der Waals surface area contributed by atoms with E-state index in [1.54, 1.807) is 12.1 Å². The second kappa shape index (κ2) is 3.36. The molecule has 90 valence electrons. The first kappa shape index (κ1) is 10.4. The van der Waals surface area contributed by atoms with Crippen molar-refractivity contribution >= 4 is 33.7 Å². The number of aromatic nitrogens is 2. The van der Waals surface area contributed by atoms with Crippen molar-refractivity contribution in [2.24, 2.45) is 0 Å². The molecule has 0 aliphatic heterocycles. The van der Waals surface area contributed by atoms with Crippen LogP contribution in [-0.4, -0.2) is 32.1 Å². The molecule has 0 aliphatic carbocycles. The molecule has 2 aromatic heterocycles.